The summed E-state index contributed by atoms with van der Waals surface area (Å²) < 4.78 is 55.5. The van der Waals surface area contributed by atoms with Gasteiger partial charge >= 0.3 is 6.61 Å². The summed E-state index contributed by atoms with van der Waals surface area (Å²) >= 11 is 23.2. The molecular weight excluding hydrogens is 430 g/mol. The molecule has 2 aromatic carbocycles. The Bertz CT molecular complexity index is 878. The first-order valence-corrected chi connectivity index (χ1v) is 9.01. The van der Waals surface area contributed by atoms with Gasteiger partial charge < -0.3 is 4.74 Å². The van der Waals surface area contributed by atoms with Crippen LogP contribution in [0.1, 0.15) is 0 Å². The average Bonchev–Trinajstić information content (AvgIpc) is 2.45. The summed E-state index contributed by atoms with van der Waals surface area (Å²) in [7, 11) is -4.11. The van der Waals surface area contributed by atoms with Crippen LogP contribution in [0.2, 0.25) is 20.1 Å². The molecule has 0 fully saturated rings. The van der Waals surface area contributed by atoms with Gasteiger partial charge in [-0.1, -0.05) is 46.4 Å². The van der Waals surface area contributed by atoms with Gasteiger partial charge in [0.25, 0.3) is 10.0 Å². The molecule has 0 heterocycles. The van der Waals surface area contributed by atoms with E-state index >= 15 is 0 Å². The van der Waals surface area contributed by atoms with E-state index < -0.39 is 16.6 Å². The van der Waals surface area contributed by atoms with Gasteiger partial charge in [-0.2, -0.15) is 8.78 Å². The largest absolute Gasteiger partial charge is 0.433 e. The van der Waals surface area contributed by atoms with E-state index in [9.17, 15) is 17.2 Å². The van der Waals surface area contributed by atoms with Crippen molar-refractivity contribution in [2.45, 2.75) is 11.5 Å². The van der Waals surface area contributed by atoms with Crippen molar-refractivity contribution in [2.24, 2.45) is 0 Å². The second-order valence-corrected chi connectivity index (χ2v) is 7.61. The molecule has 0 amide bonds. The summed E-state index contributed by atoms with van der Waals surface area (Å²) in [6, 6.07) is 5.69. The van der Waals surface area contributed by atoms with E-state index in [0.717, 1.165) is 18.2 Å². The summed E-state index contributed by atoms with van der Waals surface area (Å²) in [6.45, 7) is -3.06. The van der Waals surface area contributed by atoms with Gasteiger partial charge in [-0.3, -0.25) is 4.72 Å². The highest BCUT2D eigenvalue weighted by atomic mass is 35.5. The number of benzene rings is 2. The van der Waals surface area contributed by atoms with Crippen molar-refractivity contribution in [3.8, 4) is 5.75 Å². The maximum atomic E-state index is 12.4. The Morgan fingerprint density at radius 2 is 1.54 bits per heavy atom. The Labute approximate surface area is 156 Å². The number of hydrogen-bond donors (Lipinski definition) is 1. The van der Waals surface area contributed by atoms with E-state index in [0.29, 0.717) is 0 Å². The van der Waals surface area contributed by atoms with E-state index in [4.69, 9.17) is 46.4 Å². The highest BCUT2D eigenvalue weighted by molar-refractivity contribution is 7.92. The Morgan fingerprint density at radius 3 is 2.12 bits per heavy atom. The highest BCUT2D eigenvalue weighted by Gasteiger charge is 2.21. The van der Waals surface area contributed by atoms with Gasteiger partial charge in [0.05, 0.1) is 25.8 Å². The normalized spacial score (nSPS) is 11.6. The first kappa shape index (κ1) is 19.3. The molecule has 0 aliphatic carbocycles. The number of sulfonamides is 1. The number of alkyl halides is 2. The Morgan fingerprint density at radius 1 is 0.917 bits per heavy atom. The first-order valence-electron chi connectivity index (χ1n) is 6.02. The van der Waals surface area contributed by atoms with Crippen LogP contribution < -0.4 is 9.46 Å². The third kappa shape index (κ3) is 4.55. The summed E-state index contributed by atoms with van der Waals surface area (Å²) in [4.78, 5) is -0.303. The zero-order valence-corrected chi connectivity index (χ0v) is 15.2. The minimum Gasteiger partial charge on any atom is -0.433 e. The van der Waals surface area contributed by atoms with Crippen LogP contribution >= 0.6 is 46.4 Å². The average molecular weight is 437 g/mol. The predicted molar refractivity (Wildman–Crippen MR) is 90.4 cm³/mol. The van der Waals surface area contributed by atoms with Gasteiger partial charge in [0.15, 0.2) is 0 Å². The lowest BCUT2D eigenvalue weighted by molar-refractivity contribution is -0.0497. The summed E-state index contributed by atoms with van der Waals surface area (Å²) in [5.41, 5.74) is 0.0174. The molecule has 1 N–H and O–H groups in total. The molecular formula is C13H7Cl4F2NO3S. The van der Waals surface area contributed by atoms with Crippen LogP contribution in [-0.2, 0) is 10.0 Å². The summed E-state index contributed by atoms with van der Waals surface area (Å²) in [5.74, 6) is -0.290. The van der Waals surface area contributed by atoms with Crippen LogP contribution in [0, 0.1) is 0 Å². The smallest absolute Gasteiger partial charge is 0.387 e. The quantitative estimate of drug-likeness (QED) is 0.611. The van der Waals surface area contributed by atoms with Gasteiger partial charge in [0.1, 0.15) is 10.6 Å². The first-order chi connectivity index (χ1) is 11.1. The second kappa shape index (κ2) is 7.49. The van der Waals surface area contributed by atoms with Crippen molar-refractivity contribution >= 4 is 62.1 Å². The molecule has 0 atom stereocenters. The van der Waals surface area contributed by atoms with E-state index in [2.05, 4.69) is 9.46 Å². The SMILES string of the molecule is O=S(=O)(Nc1ccc(OC(F)F)c(Cl)c1)c1cc(Cl)c(Cl)cc1Cl. The molecule has 4 nitrogen and oxygen atoms in total. The molecule has 2 aromatic rings. The van der Waals surface area contributed by atoms with E-state index in [1.165, 1.54) is 12.1 Å². The number of nitrogens with one attached hydrogen (secondary N) is 1. The molecule has 0 bridgehead atoms. The molecule has 0 aliphatic heterocycles. The molecule has 0 radical (unpaired) electrons. The minimum atomic E-state index is -4.11. The van der Waals surface area contributed by atoms with Crippen LogP contribution in [0.25, 0.3) is 0 Å². The fraction of sp³-hybridized carbons (Fsp3) is 0.0769. The van der Waals surface area contributed by atoms with Crippen LogP contribution in [-0.4, -0.2) is 15.0 Å². The standard InChI is InChI=1S/C13H7Cl4F2NO3S/c14-7-4-10(17)12(5-8(7)15)24(21,22)20-6-1-2-11(9(16)3-6)23-13(18)19/h1-5,13,20H. The van der Waals surface area contributed by atoms with Gasteiger partial charge in [0.2, 0.25) is 0 Å². The van der Waals surface area contributed by atoms with Gasteiger partial charge in [-0.15, -0.1) is 0 Å². The van der Waals surface area contributed by atoms with Crippen LogP contribution in [0.3, 0.4) is 0 Å². The molecule has 24 heavy (non-hydrogen) atoms. The number of halogens is 6. The predicted octanol–water partition coefficient (Wildman–Crippen LogP) is 5.70. The summed E-state index contributed by atoms with van der Waals surface area (Å²) in [6.07, 6.45) is 0. The topological polar surface area (TPSA) is 55.4 Å². The van der Waals surface area contributed by atoms with Crippen molar-refractivity contribution in [3.63, 3.8) is 0 Å². The third-order valence-electron chi connectivity index (χ3n) is 2.66. The lowest BCUT2D eigenvalue weighted by atomic mass is 10.3. The summed E-state index contributed by atoms with van der Waals surface area (Å²) in [5, 5.41) is -0.242. The molecule has 0 saturated heterocycles. The van der Waals surface area contributed by atoms with Gasteiger partial charge in [0, 0.05) is 0 Å². The molecule has 0 aliphatic rings. The van der Waals surface area contributed by atoms with Crippen LogP contribution in [0.4, 0.5) is 14.5 Å². The van der Waals surface area contributed by atoms with E-state index in [-0.39, 0.29) is 36.4 Å². The lowest BCUT2D eigenvalue weighted by Gasteiger charge is -2.12. The molecule has 0 saturated carbocycles. The van der Waals surface area contributed by atoms with Crippen molar-refractivity contribution in [3.05, 3.63) is 50.4 Å². The van der Waals surface area contributed by atoms with Crippen molar-refractivity contribution in [1.29, 1.82) is 0 Å². The maximum Gasteiger partial charge on any atom is 0.387 e. The van der Waals surface area contributed by atoms with E-state index in [1.807, 2.05) is 0 Å². The molecule has 0 aromatic heterocycles. The number of rotatable bonds is 5. The Balaban J connectivity index is 2.33. The Hall–Kier alpha value is -0.990. The molecule has 130 valence electrons. The third-order valence-corrected chi connectivity index (χ3v) is 5.53. The van der Waals surface area contributed by atoms with E-state index in [1.54, 1.807) is 0 Å². The Kier molecular flexibility index (Phi) is 6.04. The van der Waals surface area contributed by atoms with Crippen molar-refractivity contribution in [1.82, 2.24) is 0 Å². The molecule has 0 spiro atoms. The monoisotopic (exact) mass is 435 g/mol. The maximum absolute atomic E-state index is 12.4. The zero-order chi connectivity index (χ0) is 18.1. The molecule has 11 heteroatoms. The van der Waals surface area contributed by atoms with Crippen LogP contribution in [0.5, 0.6) is 5.75 Å². The molecule has 0 unspecified atom stereocenters. The number of ether oxygens (including phenoxy) is 1. The van der Waals surface area contributed by atoms with Crippen molar-refractivity contribution in [2.75, 3.05) is 4.72 Å². The fourth-order valence-electron chi connectivity index (χ4n) is 1.68. The number of anilines is 1. The van der Waals surface area contributed by atoms with Crippen LogP contribution in [0.15, 0.2) is 35.2 Å². The fourth-order valence-corrected chi connectivity index (χ4v) is 3.95. The second-order valence-electron chi connectivity index (χ2n) is 4.33. The zero-order valence-electron chi connectivity index (χ0n) is 11.4. The van der Waals surface area contributed by atoms with Gasteiger partial charge in [-0.05, 0) is 30.3 Å². The minimum absolute atomic E-state index is 0.000144. The highest BCUT2D eigenvalue weighted by Crippen LogP contribution is 2.34. The number of hydrogen-bond acceptors (Lipinski definition) is 3. The lowest BCUT2D eigenvalue weighted by Crippen LogP contribution is -2.13. The van der Waals surface area contributed by atoms with Crippen molar-refractivity contribution < 1.29 is 21.9 Å². The molecule has 2 rings (SSSR count). The van der Waals surface area contributed by atoms with Gasteiger partial charge in [-0.25, -0.2) is 8.42 Å².